The standard InChI is InChI=1S/C22H23N5O3S/c1-13(2)14-7-9-16(10-8-14)27-21(29)19-20(22(27)30)26(25-24-19)12-18(28)23-15-5-4-6-17(11-15)31-3/h4-11,13,19-20H,12H2,1-3H3,(H,23,28)/t19-,20+/m1/s1. The fourth-order valence-electron chi connectivity index (χ4n) is 3.67. The van der Waals surface area contributed by atoms with E-state index in [9.17, 15) is 14.4 Å². The molecule has 0 aliphatic carbocycles. The lowest BCUT2D eigenvalue weighted by atomic mass is 10.0. The number of carbonyl (C=O) groups is 3. The number of nitrogens with zero attached hydrogens (tertiary/aromatic N) is 4. The van der Waals surface area contributed by atoms with Crippen LogP contribution in [-0.4, -0.2) is 47.6 Å². The Morgan fingerprint density at radius 2 is 1.87 bits per heavy atom. The molecule has 2 aliphatic heterocycles. The van der Waals surface area contributed by atoms with Gasteiger partial charge in [-0.15, -0.1) is 11.8 Å². The van der Waals surface area contributed by atoms with Gasteiger partial charge in [-0.2, -0.15) is 5.11 Å². The molecular formula is C22H23N5O3S. The number of hydrogen-bond donors (Lipinski definition) is 1. The molecule has 4 rings (SSSR count). The van der Waals surface area contributed by atoms with Gasteiger partial charge in [0.25, 0.3) is 11.8 Å². The number of fused-ring (bicyclic) bond motifs is 1. The molecule has 0 unspecified atom stereocenters. The number of carbonyl (C=O) groups excluding carboxylic acids is 3. The Hall–Kier alpha value is -3.20. The van der Waals surface area contributed by atoms with Gasteiger partial charge in [0.2, 0.25) is 5.91 Å². The fraction of sp³-hybridized carbons (Fsp3) is 0.318. The molecule has 0 aromatic heterocycles. The zero-order valence-corrected chi connectivity index (χ0v) is 18.3. The van der Waals surface area contributed by atoms with Crippen molar-refractivity contribution in [3.63, 3.8) is 0 Å². The van der Waals surface area contributed by atoms with Gasteiger partial charge in [-0.3, -0.25) is 19.4 Å². The van der Waals surface area contributed by atoms with Crippen molar-refractivity contribution in [1.29, 1.82) is 0 Å². The SMILES string of the molecule is CSc1cccc(NC(=O)CN2N=N[C@H]3C(=O)N(c4ccc(C(C)C)cc4)C(=O)[C@H]32)c1. The summed E-state index contributed by atoms with van der Waals surface area (Å²) in [6.07, 6.45) is 1.95. The molecule has 3 amide bonds. The van der Waals surface area contributed by atoms with Crippen LogP contribution in [0.4, 0.5) is 11.4 Å². The van der Waals surface area contributed by atoms with E-state index in [-0.39, 0.29) is 12.5 Å². The Bertz CT molecular complexity index is 1050. The van der Waals surface area contributed by atoms with Crippen LogP contribution in [0.5, 0.6) is 0 Å². The number of thioether (sulfide) groups is 1. The number of amides is 3. The molecule has 1 fully saturated rings. The molecule has 31 heavy (non-hydrogen) atoms. The topological polar surface area (TPSA) is 94.4 Å². The van der Waals surface area contributed by atoms with E-state index >= 15 is 0 Å². The summed E-state index contributed by atoms with van der Waals surface area (Å²) in [6.45, 7) is 3.98. The smallest absolute Gasteiger partial charge is 0.263 e. The van der Waals surface area contributed by atoms with Crippen molar-refractivity contribution in [3.05, 3.63) is 54.1 Å². The molecule has 0 bridgehead atoms. The van der Waals surface area contributed by atoms with Crippen LogP contribution in [0.2, 0.25) is 0 Å². The summed E-state index contributed by atoms with van der Waals surface area (Å²) < 4.78 is 0. The third-order valence-corrected chi connectivity index (χ3v) is 6.06. The minimum Gasteiger partial charge on any atom is -0.324 e. The first-order chi connectivity index (χ1) is 14.9. The van der Waals surface area contributed by atoms with Crippen molar-refractivity contribution in [3.8, 4) is 0 Å². The van der Waals surface area contributed by atoms with E-state index in [0.29, 0.717) is 17.3 Å². The minimum atomic E-state index is -0.926. The highest BCUT2D eigenvalue weighted by Crippen LogP contribution is 2.32. The fourth-order valence-corrected chi connectivity index (χ4v) is 4.12. The van der Waals surface area contributed by atoms with E-state index in [1.54, 1.807) is 30.0 Å². The van der Waals surface area contributed by atoms with Crippen molar-refractivity contribution < 1.29 is 14.4 Å². The van der Waals surface area contributed by atoms with E-state index in [1.807, 2.05) is 36.6 Å². The molecule has 2 atom stereocenters. The Labute approximate surface area is 184 Å². The van der Waals surface area contributed by atoms with Crippen LogP contribution in [-0.2, 0) is 14.4 Å². The molecule has 2 aliphatic rings. The number of rotatable bonds is 6. The van der Waals surface area contributed by atoms with Gasteiger partial charge in [-0.05, 0) is 48.1 Å². The van der Waals surface area contributed by atoms with Gasteiger partial charge in [-0.1, -0.05) is 37.3 Å². The molecule has 0 spiro atoms. The zero-order valence-electron chi connectivity index (χ0n) is 17.5. The lowest BCUT2D eigenvalue weighted by Crippen LogP contribution is -2.43. The third-order valence-electron chi connectivity index (χ3n) is 5.33. The van der Waals surface area contributed by atoms with Crippen LogP contribution >= 0.6 is 11.8 Å². The number of anilines is 2. The summed E-state index contributed by atoms with van der Waals surface area (Å²) in [4.78, 5) is 40.6. The summed E-state index contributed by atoms with van der Waals surface area (Å²) in [5.41, 5.74) is 2.28. The Kier molecular flexibility index (Phi) is 5.77. The maximum atomic E-state index is 13.1. The predicted molar refractivity (Wildman–Crippen MR) is 119 cm³/mol. The highest BCUT2D eigenvalue weighted by Gasteiger charge is 2.55. The molecule has 2 aromatic carbocycles. The molecule has 8 nitrogen and oxygen atoms in total. The normalized spacial score (nSPS) is 20.0. The zero-order chi connectivity index (χ0) is 22.1. The van der Waals surface area contributed by atoms with Gasteiger partial charge < -0.3 is 5.32 Å². The Balaban J connectivity index is 1.47. The average Bonchev–Trinajstić information content (AvgIpc) is 3.27. The van der Waals surface area contributed by atoms with E-state index in [4.69, 9.17) is 0 Å². The molecule has 1 saturated heterocycles. The summed E-state index contributed by atoms with van der Waals surface area (Å²) in [6, 6.07) is 13.0. The molecule has 0 radical (unpaired) electrons. The van der Waals surface area contributed by atoms with Crippen molar-refractivity contribution in [1.82, 2.24) is 5.01 Å². The summed E-state index contributed by atoms with van der Waals surface area (Å²) >= 11 is 1.57. The third kappa shape index (κ3) is 4.05. The van der Waals surface area contributed by atoms with Gasteiger partial charge in [0.1, 0.15) is 6.54 Å². The van der Waals surface area contributed by atoms with Crippen molar-refractivity contribution in [2.24, 2.45) is 10.3 Å². The van der Waals surface area contributed by atoms with Gasteiger partial charge >= 0.3 is 0 Å². The monoisotopic (exact) mass is 437 g/mol. The molecule has 2 heterocycles. The van der Waals surface area contributed by atoms with Gasteiger partial charge in [0, 0.05) is 10.6 Å². The van der Waals surface area contributed by atoms with Crippen molar-refractivity contribution in [2.75, 3.05) is 23.0 Å². The van der Waals surface area contributed by atoms with Crippen LogP contribution in [0.25, 0.3) is 0 Å². The first kappa shape index (κ1) is 21.0. The minimum absolute atomic E-state index is 0.173. The highest BCUT2D eigenvalue weighted by molar-refractivity contribution is 7.98. The molecule has 0 saturated carbocycles. The van der Waals surface area contributed by atoms with Crippen LogP contribution < -0.4 is 10.2 Å². The maximum Gasteiger partial charge on any atom is 0.263 e. The second-order valence-corrected chi connectivity index (χ2v) is 8.61. The highest BCUT2D eigenvalue weighted by atomic mass is 32.2. The number of benzene rings is 2. The second-order valence-electron chi connectivity index (χ2n) is 7.73. The summed E-state index contributed by atoms with van der Waals surface area (Å²) in [7, 11) is 0. The number of hydrogen-bond acceptors (Lipinski definition) is 7. The van der Waals surface area contributed by atoms with Crippen molar-refractivity contribution in [2.45, 2.75) is 36.7 Å². The number of nitrogens with one attached hydrogen (secondary N) is 1. The van der Waals surface area contributed by atoms with Crippen LogP contribution in [0.15, 0.2) is 63.8 Å². The largest absolute Gasteiger partial charge is 0.324 e. The number of imide groups is 1. The van der Waals surface area contributed by atoms with E-state index in [2.05, 4.69) is 29.5 Å². The first-order valence-electron chi connectivity index (χ1n) is 9.98. The molecule has 160 valence electrons. The molecule has 1 N–H and O–H groups in total. The quantitative estimate of drug-likeness (QED) is 0.552. The van der Waals surface area contributed by atoms with E-state index in [0.717, 1.165) is 15.4 Å². The first-order valence-corrected chi connectivity index (χ1v) is 11.2. The van der Waals surface area contributed by atoms with Crippen LogP contribution in [0.1, 0.15) is 25.3 Å². The van der Waals surface area contributed by atoms with E-state index in [1.165, 1.54) is 5.01 Å². The summed E-state index contributed by atoms with van der Waals surface area (Å²) in [5.74, 6) is -0.836. The molecular weight excluding hydrogens is 414 g/mol. The second kappa shape index (κ2) is 8.50. The molecule has 9 heteroatoms. The van der Waals surface area contributed by atoms with E-state index < -0.39 is 23.9 Å². The van der Waals surface area contributed by atoms with Crippen LogP contribution in [0, 0.1) is 0 Å². The van der Waals surface area contributed by atoms with Gasteiger partial charge in [0.05, 0.1) is 5.69 Å². The average molecular weight is 438 g/mol. The van der Waals surface area contributed by atoms with Crippen molar-refractivity contribution >= 4 is 40.9 Å². The maximum absolute atomic E-state index is 13.1. The molecule has 2 aromatic rings. The summed E-state index contributed by atoms with van der Waals surface area (Å²) in [5, 5.41) is 12.0. The van der Waals surface area contributed by atoms with Crippen LogP contribution in [0.3, 0.4) is 0 Å². The lowest BCUT2D eigenvalue weighted by Gasteiger charge is -2.20. The Morgan fingerprint density at radius 3 is 2.55 bits per heavy atom. The van der Waals surface area contributed by atoms with Gasteiger partial charge in [-0.25, -0.2) is 4.90 Å². The predicted octanol–water partition coefficient (Wildman–Crippen LogP) is 3.46. The lowest BCUT2D eigenvalue weighted by molar-refractivity contribution is -0.123. The van der Waals surface area contributed by atoms with Gasteiger partial charge in [0.15, 0.2) is 12.1 Å². The Morgan fingerprint density at radius 1 is 1.13 bits per heavy atom.